The van der Waals surface area contributed by atoms with Crippen LogP contribution < -0.4 is 5.32 Å². The van der Waals surface area contributed by atoms with E-state index in [4.69, 9.17) is 0 Å². The van der Waals surface area contributed by atoms with E-state index in [1.54, 1.807) is 17.5 Å². The second-order valence-electron chi connectivity index (χ2n) is 5.84. The number of nitrogens with zero attached hydrogens (tertiary/aromatic N) is 2. The van der Waals surface area contributed by atoms with Gasteiger partial charge in [-0.2, -0.15) is 11.3 Å². The third-order valence-corrected chi connectivity index (χ3v) is 4.84. The highest BCUT2D eigenvalue weighted by atomic mass is 32.1. The Bertz CT molecular complexity index is 990. The highest BCUT2D eigenvalue weighted by Gasteiger charge is 2.10. The van der Waals surface area contributed by atoms with Gasteiger partial charge in [0.25, 0.3) is 5.91 Å². The molecule has 26 heavy (non-hydrogen) atoms. The molecule has 0 saturated carbocycles. The summed E-state index contributed by atoms with van der Waals surface area (Å²) in [7, 11) is 0. The zero-order valence-electron chi connectivity index (χ0n) is 14.0. The lowest BCUT2D eigenvalue weighted by atomic mass is 10.1. The van der Waals surface area contributed by atoms with Crippen LogP contribution in [0.2, 0.25) is 0 Å². The normalized spacial score (nSPS) is 10.6. The van der Waals surface area contributed by atoms with E-state index in [2.05, 4.69) is 15.7 Å². The van der Waals surface area contributed by atoms with Crippen LogP contribution in [-0.4, -0.2) is 15.5 Å². The van der Waals surface area contributed by atoms with Gasteiger partial charge in [0.2, 0.25) is 0 Å². The van der Waals surface area contributed by atoms with Crippen molar-refractivity contribution in [3.63, 3.8) is 0 Å². The minimum absolute atomic E-state index is 0.0934. The molecule has 0 fully saturated rings. The van der Waals surface area contributed by atoms with Crippen LogP contribution in [0.5, 0.6) is 0 Å². The molecule has 0 unspecified atom stereocenters. The fourth-order valence-corrected chi connectivity index (χ4v) is 3.45. The van der Waals surface area contributed by atoms with Crippen molar-refractivity contribution >= 4 is 17.2 Å². The van der Waals surface area contributed by atoms with E-state index in [9.17, 15) is 4.79 Å². The molecule has 4 rings (SSSR count). The van der Waals surface area contributed by atoms with Gasteiger partial charge in [0.1, 0.15) is 0 Å². The van der Waals surface area contributed by atoms with Crippen molar-refractivity contribution in [1.82, 2.24) is 14.9 Å². The number of hydrogen-bond donors (Lipinski definition) is 1. The maximum Gasteiger partial charge on any atom is 0.251 e. The summed E-state index contributed by atoms with van der Waals surface area (Å²) in [6.45, 7) is 0.442. The Balaban J connectivity index is 1.46. The Kier molecular flexibility index (Phi) is 4.62. The molecule has 0 radical (unpaired) electrons. The summed E-state index contributed by atoms with van der Waals surface area (Å²) in [4.78, 5) is 16.9. The average Bonchev–Trinajstić information content (AvgIpc) is 3.40. The molecule has 0 atom stereocenters. The van der Waals surface area contributed by atoms with E-state index in [0.717, 1.165) is 22.5 Å². The average molecular weight is 359 g/mol. The van der Waals surface area contributed by atoms with Crippen molar-refractivity contribution in [3.05, 3.63) is 95.1 Å². The topological polar surface area (TPSA) is 46.9 Å². The quantitative estimate of drug-likeness (QED) is 0.569. The van der Waals surface area contributed by atoms with Gasteiger partial charge in [-0.25, -0.2) is 0 Å². The summed E-state index contributed by atoms with van der Waals surface area (Å²) >= 11 is 1.64. The van der Waals surface area contributed by atoms with Crippen LogP contribution in [0.15, 0.2) is 83.9 Å². The molecule has 0 spiro atoms. The van der Waals surface area contributed by atoms with Crippen molar-refractivity contribution in [2.45, 2.75) is 6.54 Å². The van der Waals surface area contributed by atoms with Gasteiger partial charge in [-0.1, -0.05) is 6.07 Å². The van der Waals surface area contributed by atoms with Crippen LogP contribution in [0, 0.1) is 0 Å². The summed E-state index contributed by atoms with van der Waals surface area (Å²) in [6.07, 6.45) is 5.73. The number of hydrogen-bond acceptors (Lipinski definition) is 3. The number of amides is 1. The molecular weight excluding hydrogens is 342 g/mol. The zero-order chi connectivity index (χ0) is 17.8. The molecule has 0 aliphatic rings. The molecule has 0 saturated heterocycles. The Morgan fingerprint density at radius 2 is 1.85 bits per heavy atom. The first-order valence-corrected chi connectivity index (χ1v) is 9.23. The number of benzene rings is 1. The largest absolute Gasteiger partial charge is 0.348 e. The van der Waals surface area contributed by atoms with Gasteiger partial charge in [-0.05, 0) is 59.5 Å². The summed E-state index contributed by atoms with van der Waals surface area (Å²) in [5.41, 5.74) is 4.66. The second-order valence-corrected chi connectivity index (χ2v) is 6.62. The smallest absolute Gasteiger partial charge is 0.251 e. The number of nitrogens with one attached hydrogen (secondary N) is 1. The first kappa shape index (κ1) is 16.3. The van der Waals surface area contributed by atoms with Gasteiger partial charge in [0.15, 0.2) is 0 Å². The minimum atomic E-state index is -0.0934. The molecule has 4 nitrogen and oxygen atoms in total. The molecule has 1 N–H and O–H groups in total. The molecule has 0 aliphatic carbocycles. The van der Waals surface area contributed by atoms with Gasteiger partial charge in [0, 0.05) is 47.3 Å². The SMILES string of the molecule is O=C(NCc1cccnc1-c1ccsc1)c1ccc(-n2cccc2)cc1. The highest BCUT2D eigenvalue weighted by molar-refractivity contribution is 7.08. The molecule has 1 aromatic carbocycles. The molecule has 4 aromatic rings. The molecule has 3 aromatic heterocycles. The number of carbonyl (C=O) groups is 1. The molecule has 1 amide bonds. The Morgan fingerprint density at radius 3 is 2.58 bits per heavy atom. The third kappa shape index (κ3) is 3.43. The Morgan fingerprint density at radius 1 is 1.04 bits per heavy atom. The van der Waals surface area contributed by atoms with E-state index in [-0.39, 0.29) is 5.91 Å². The van der Waals surface area contributed by atoms with Crippen molar-refractivity contribution in [2.24, 2.45) is 0 Å². The van der Waals surface area contributed by atoms with Crippen LogP contribution in [0.1, 0.15) is 15.9 Å². The fourth-order valence-electron chi connectivity index (χ4n) is 2.81. The lowest BCUT2D eigenvalue weighted by Crippen LogP contribution is -2.23. The Labute approximate surface area is 155 Å². The molecule has 5 heteroatoms. The monoisotopic (exact) mass is 359 g/mol. The summed E-state index contributed by atoms with van der Waals surface area (Å²) in [5.74, 6) is -0.0934. The number of carbonyl (C=O) groups excluding carboxylic acids is 1. The van der Waals surface area contributed by atoms with Crippen LogP contribution in [0.25, 0.3) is 16.9 Å². The van der Waals surface area contributed by atoms with Gasteiger partial charge < -0.3 is 9.88 Å². The zero-order valence-corrected chi connectivity index (χ0v) is 14.8. The van der Waals surface area contributed by atoms with Gasteiger partial charge in [-0.15, -0.1) is 0 Å². The first-order chi connectivity index (χ1) is 12.8. The number of thiophene rings is 1. The molecule has 0 aliphatic heterocycles. The summed E-state index contributed by atoms with van der Waals surface area (Å²) in [5, 5.41) is 7.08. The molecule has 128 valence electrons. The first-order valence-electron chi connectivity index (χ1n) is 8.29. The van der Waals surface area contributed by atoms with Crippen LogP contribution >= 0.6 is 11.3 Å². The standard InChI is InChI=1S/C21H17N3OS/c25-21(16-5-7-19(8-6-16)24-11-1-2-12-24)23-14-17-4-3-10-22-20(17)18-9-13-26-15-18/h1-13,15H,14H2,(H,23,25). The fraction of sp³-hybridized carbons (Fsp3) is 0.0476. The van der Waals surface area contributed by atoms with Gasteiger partial charge >= 0.3 is 0 Å². The minimum Gasteiger partial charge on any atom is -0.348 e. The van der Waals surface area contributed by atoms with Crippen molar-refractivity contribution in [2.75, 3.05) is 0 Å². The second kappa shape index (κ2) is 7.37. The van der Waals surface area contributed by atoms with E-state index >= 15 is 0 Å². The van der Waals surface area contributed by atoms with Crippen molar-refractivity contribution in [1.29, 1.82) is 0 Å². The van der Waals surface area contributed by atoms with Gasteiger partial charge in [0.05, 0.1) is 5.69 Å². The molecular formula is C21H17N3OS. The maximum atomic E-state index is 12.5. The van der Waals surface area contributed by atoms with Crippen LogP contribution in [-0.2, 0) is 6.54 Å². The third-order valence-electron chi connectivity index (χ3n) is 4.16. The van der Waals surface area contributed by atoms with Crippen LogP contribution in [0.3, 0.4) is 0 Å². The van der Waals surface area contributed by atoms with E-state index in [0.29, 0.717) is 12.1 Å². The number of rotatable bonds is 5. The number of aromatic nitrogens is 2. The van der Waals surface area contributed by atoms with E-state index < -0.39 is 0 Å². The summed E-state index contributed by atoms with van der Waals surface area (Å²) in [6, 6.07) is 17.4. The lowest BCUT2D eigenvalue weighted by molar-refractivity contribution is 0.0951. The summed E-state index contributed by atoms with van der Waals surface area (Å²) < 4.78 is 2.00. The maximum absolute atomic E-state index is 12.5. The Hall–Kier alpha value is -3.18. The van der Waals surface area contributed by atoms with Crippen molar-refractivity contribution in [3.8, 4) is 16.9 Å². The molecule has 3 heterocycles. The van der Waals surface area contributed by atoms with Crippen molar-refractivity contribution < 1.29 is 4.79 Å². The van der Waals surface area contributed by atoms with Gasteiger partial charge in [-0.3, -0.25) is 9.78 Å². The highest BCUT2D eigenvalue weighted by Crippen LogP contribution is 2.23. The number of pyridine rings is 1. The lowest BCUT2D eigenvalue weighted by Gasteiger charge is -2.10. The van der Waals surface area contributed by atoms with Crippen LogP contribution in [0.4, 0.5) is 0 Å². The van der Waals surface area contributed by atoms with E-state index in [1.807, 2.05) is 76.9 Å². The molecule has 0 bridgehead atoms. The predicted molar refractivity (Wildman–Crippen MR) is 104 cm³/mol. The predicted octanol–water partition coefficient (Wildman–Crippen LogP) is 4.53. The van der Waals surface area contributed by atoms with E-state index in [1.165, 1.54) is 0 Å².